The van der Waals surface area contributed by atoms with E-state index in [1.165, 1.54) is 0 Å². The van der Waals surface area contributed by atoms with Gasteiger partial charge in [0.1, 0.15) is 0 Å². The zero-order valence-electron chi connectivity index (χ0n) is 5.98. The molecule has 0 saturated carbocycles. The van der Waals surface area contributed by atoms with E-state index >= 15 is 0 Å². The van der Waals surface area contributed by atoms with Gasteiger partial charge in [0.05, 0.1) is 0 Å². The van der Waals surface area contributed by atoms with Crippen LogP contribution in [0.3, 0.4) is 0 Å². The molecule has 5 nitrogen and oxygen atoms in total. The van der Waals surface area contributed by atoms with Crippen molar-refractivity contribution in [2.45, 2.75) is 0 Å². The summed E-state index contributed by atoms with van der Waals surface area (Å²) in [7, 11) is 0. The molecule has 0 aliphatic heterocycles. The molecule has 0 radical (unpaired) electrons. The second kappa shape index (κ2) is 4.24. The van der Waals surface area contributed by atoms with Gasteiger partial charge in [-0.3, -0.25) is 0 Å². The average molecular weight is 269 g/mol. The fourth-order valence-corrected chi connectivity index (χ4v) is 0.568. The molecular formula is C6H4CdO5. The summed E-state index contributed by atoms with van der Waals surface area (Å²) in [4.78, 5) is 20.3. The molecule has 0 atom stereocenters. The number of aromatic carboxylic acids is 2. The van der Waals surface area contributed by atoms with E-state index in [4.69, 9.17) is 10.2 Å². The van der Waals surface area contributed by atoms with Gasteiger partial charge < -0.3 is 14.6 Å². The third-order valence-electron chi connectivity index (χ3n) is 1.03. The average Bonchev–Trinajstić information content (AvgIpc) is 2.33. The third kappa shape index (κ3) is 2.33. The standard InChI is InChI=1S/C6H4O5.Cd/c7-5(8)3-1-2-4(11-3)6(9)10;/h1-2H,(H,7,8)(H,9,10);. The molecule has 1 rings (SSSR count). The van der Waals surface area contributed by atoms with Crippen LogP contribution in [0.1, 0.15) is 21.1 Å². The Morgan fingerprint density at radius 1 is 1.08 bits per heavy atom. The van der Waals surface area contributed by atoms with Crippen LogP contribution in [-0.2, 0) is 27.3 Å². The predicted octanol–water partition coefficient (Wildman–Crippen LogP) is 0.673. The molecule has 1 heterocycles. The molecule has 2 N–H and O–H groups in total. The number of carbonyl (C=O) groups is 2. The predicted molar refractivity (Wildman–Crippen MR) is 32.6 cm³/mol. The number of carboxylic acid groups (broad SMARTS) is 2. The number of carboxylic acids is 2. The summed E-state index contributed by atoms with van der Waals surface area (Å²) in [5.41, 5.74) is 0. The molecule has 60 valence electrons. The molecule has 0 amide bonds. The summed E-state index contributed by atoms with van der Waals surface area (Å²) in [5, 5.41) is 16.6. The first-order chi connectivity index (χ1) is 5.11. The van der Waals surface area contributed by atoms with Crippen molar-refractivity contribution in [3.63, 3.8) is 0 Å². The van der Waals surface area contributed by atoms with Crippen LogP contribution >= 0.6 is 0 Å². The fourth-order valence-electron chi connectivity index (χ4n) is 0.568. The van der Waals surface area contributed by atoms with Crippen molar-refractivity contribution >= 4 is 11.9 Å². The molecule has 0 saturated heterocycles. The molecular weight excluding hydrogens is 264 g/mol. The van der Waals surface area contributed by atoms with Gasteiger partial charge in [0, 0.05) is 27.3 Å². The van der Waals surface area contributed by atoms with Crippen LogP contribution in [0, 0.1) is 0 Å². The van der Waals surface area contributed by atoms with Gasteiger partial charge in [-0.1, -0.05) is 0 Å². The number of furan rings is 1. The van der Waals surface area contributed by atoms with Crippen molar-refractivity contribution in [2.24, 2.45) is 0 Å². The maximum atomic E-state index is 10.2. The van der Waals surface area contributed by atoms with E-state index in [-0.39, 0.29) is 38.8 Å². The van der Waals surface area contributed by atoms with E-state index in [1.807, 2.05) is 0 Å². The normalized spacial score (nSPS) is 8.67. The SMILES string of the molecule is O=C(O)c1ccc(C(=O)O)o1.[Cd]. The van der Waals surface area contributed by atoms with Gasteiger partial charge in [-0.15, -0.1) is 0 Å². The first kappa shape index (κ1) is 11.1. The van der Waals surface area contributed by atoms with Gasteiger partial charge in [0.15, 0.2) is 0 Å². The van der Waals surface area contributed by atoms with Crippen molar-refractivity contribution in [1.82, 2.24) is 0 Å². The van der Waals surface area contributed by atoms with Crippen LogP contribution in [0.4, 0.5) is 0 Å². The number of rotatable bonds is 2. The quantitative estimate of drug-likeness (QED) is 0.770. The van der Waals surface area contributed by atoms with Crippen LogP contribution in [0.2, 0.25) is 0 Å². The topological polar surface area (TPSA) is 87.7 Å². The second-order valence-corrected chi connectivity index (χ2v) is 1.77. The molecule has 0 aromatic carbocycles. The Hall–Kier alpha value is -0.858. The van der Waals surface area contributed by atoms with Gasteiger partial charge in [-0.25, -0.2) is 9.59 Å². The summed E-state index contributed by atoms with van der Waals surface area (Å²) in [6.07, 6.45) is 0. The fraction of sp³-hybridized carbons (Fsp3) is 0. The molecule has 6 heteroatoms. The first-order valence-corrected chi connectivity index (χ1v) is 2.67. The van der Waals surface area contributed by atoms with Crippen molar-refractivity contribution in [2.75, 3.05) is 0 Å². The van der Waals surface area contributed by atoms with Crippen molar-refractivity contribution in [3.05, 3.63) is 23.7 Å². The van der Waals surface area contributed by atoms with E-state index in [1.54, 1.807) is 0 Å². The number of hydrogen-bond donors (Lipinski definition) is 2. The third-order valence-corrected chi connectivity index (χ3v) is 1.03. The molecule has 0 bridgehead atoms. The van der Waals surface area contributed by atoms with Crippen LogP contribution in [0.5, 0.6) is 0 Å². The maximum absolute atomic E-state index is 10.2. The minimum Gasteiger partial charge on any atom is -0.475 e. The zero-order valence-corrected chi connectivity index (χ0v) is 10.0. The molecule has 0 fully saturated rings. The van der Waals surface area contributed by atoms with E-state index in [2.05, 4.69) is 4.42 Å². The minimum atomic E-state index is -1.28. The molecule has 0 aliphatic carbocycles. The van der Waals surface area contributed by atoms with Crippen molar-refractivity contribution < 1.29 is 51.5 Å². The Morgan fingerprint density at radius 3 is 1.58 bits per heavy atom. The number of hydrogen-bond acceptors (Lipinski definition) is 3. The van der Waals surface area contributed by atoms with Crippen molar-refractivity contribution in [3.8, 4) is 0 Å². The Bertz CT molecular complexity index is 274. The minimum absolute atomic E-state index is 0. The molecule has 0 spiro atoms. The monoisotopic (exact) mass is 270 g/mol. The van der Waals surface area contributed by atoms with E-state index < -0.39 is 11.9 Å². The van der Waals surface area contributed by atoms with Gasteiger partial charge >= 0.3 is 11.9 Å². The summed E-state index contributed by atoms with van der Waals surface area (Å²) < 4.78 is 4.41. The Labute approximate surface area is 87.1 Å². The van der Waals surface area contributed by atoms with Gasteiger partial charge in [0.25, 0.3) is 0 Å². The Kier molecular flexibility index (Phi) is 3.94. The van der Waals surface area contributed by atoms with Crippen LogP contribution < -0.4 is 0 Å². The zero-order chi connectivity index (χ0) is 8.43. The molecule has 0 aliphatic rings. The van der Waals surface area contributed by atoms with Crippen LogP contribution in [0.25, 0.3) is 0 Å². The molecule has 1 aromatic heterocycles. The van der Waals surface area contributed by atoms with Crippen LogP contribution in [0.15, 0.2) is 16.5 Å². The molecule has 12 heavy (non-hydrogen) atoms. The summed E-state index contributed by atoms with van der Waals surface area (Å²) in [5.74, 6) is -3.31. The largest absolute Gasteiger partial charge is 0.475 e. The first-order valence-electron chi connectivity index (χ1n) is 2.67. The van der Waals surface area contributed by atoms with Gasteiger partial charge in [0.2, 0.25) is 11.5 Å². The second-order valence-electron chi connectivity index (χ2n) is 1.77. The van der Waals surface area contributed by atoms with E-state index in [0.717, 1.165) is 12.1 Å². The van der Waals surface area contributed by atoms with E-state index in [0.29, 0.717) is 0 Å². The summed E-state index contributed by atoms with van der Waals surface area (Å²) >= 11 is 0. The van der Waals surface area contributed by atoms with E-state index in [9.17, 15) is 9.59 Å². The maximum Gasteiger partial charge on any atom is 0.371 e. The summed E-state index contributed by atoms with van der Waals surface area (Å²) in [6.45, 7) is 0. The van der Waals surface area contributed by atoms with Gasteiger partial charge in [-0.05, 0) is 12.1 Å². The Morgan fingerprint density at radius 2 is 1.42 bits per heavy atom. The summed E-state index contributed by atoms with van der Waals surface area (Å²) in [6, 6.07) is 2.18. The smallest absolute Gasteiger partial charge is 0.371 e. The molecule has 1 aromatic rings. The molecule has 0 unspecified atom stereocenters. The van der Waals surface area contributed by atoms with Crippen LogP contribution in [-0.4, -0.2) is 22.2 Å². The van der Waals surface area contributed by atoms with Crippen molar-refractivity contribution in [1.29, 1.82) is 0 Å². The Balaban J connectivity index is 0.00000121. The van der Waals surface area contributed by atoms with Gasteiger partial charge in [-0.2, -0.15) is 0 Å².